The molecule has 0 radical (unpaired) electrons. The van der Waals surface area contributed by atoms with Crippen LogP contribution in [0.1, 0.15) is 26.6 Å². The minimum absolute atomic E-state index is 0.210. The summed E-state index contributed by atoms with van der Waals surface area (Å²) in [6.07, 6.45) is 0. The molecule has 0 saturated heterocycles. The Labute approximate surface area is 169 Å². The number of aromatic nitrogens is 2. The summed E-state index contributed by atoms with van der Waals surface area (Å²) in [7, 11) is 0. The second-order valence-electron chi connectivity index (χ2n) is 7.10. The Morgan fingerprint density at radius 2 is 1.83 bits per heavy atom. The van der Waals surface area contributed by atoms with Gasteiger partial charge in [-0.3, -0.25) is 9.59 Å². The lowest BCUT2D eigenvalue weighted by Gasteiger charge is -2.39. The molecule has 0 bridgehead atoms. The maximum absolute atomic E-state index is 13.1. The molecule has 1 aromatic heterocycles. The molecule has 29 heavy (non-hydrogen) atoms. The van der Waals surface area contributed by atoms with Gasteiger partial charge in [-0.2, -0.15) is 0 Å². The molecule has 1 aliphatic heterocycles. The fourth-order valence-corrected chi connectivity index (χ4v) is 3.80. The zero-order valence-electron chi connectivity index (χ0n) is 16.8. The van der Waals surface area contributed by atoms with Crippen LogP contribution in [0.15, 0.2) is 48.5 Å². The summed E-state index contributed by atoms with van der Waals surface area (Å²) in [4.78, 5) is 32.4. The predicted molar refractivity (Wildman–Crippen MR) is 111 cm³/mol. The molecule has 1 aliphatic rings. The van der Waals surface area contributed by atoms with Gasteiger partial charge in [-0.15, -0.1) is 0 Å². The van der Waals surface area contributed by atoms with E-state index in [0.717, 1.165) is 23.4 Å². The highest BCUT2D eigenvalue weighted by Crippen LogP contribution is 2.37. The number of nitrogens with zero attached hydrogens (tertiary/aromatic N) is 3. The van der Waals surface area contributed by atoms with Crippen LogP contribution in [0, 0.1) is 0 Å². The van der Waals surface area contributed by atoms with Gasteiger partial charge in [0.1, 0.15) is 11.6 Å². The number of fused-ring (bicyclic) bond motifs is 2. The molecule has 150 valence electrons. The number of likely N-dealkylation sites (N-methyl/N-ethyl adjacent to an activating group) is 1. The van der Waals surface area contributed by atoms with Crippen molar-refractivity contribution < 1.29 is 14.3 Å². The first-order chi connectivity index (χ1) is 14.0. The van der Waals surface area contributed by atoms with Gasteiger partial charge in [0, 0.05) is 13.1 Å². The molecule has 1 N–H and O–H groups in total. The summed E-state index contributed by atoms with van der Waals surface area (Å²) >= 11 is 0. The number of ether oxygens (including phenoxy) is 1. The Morgan fingerprint density at radius 1 is 1.10 bits per heavy atom. The standard InChI is InChI=1S/C22H24N4O3/c1-4-25-16-11-7-6-10-15(16)24-19(25)14-23-20(27)22(3)21(28)26(5-2)17-12-8-9-13-18(17)29-22/h6-13H,4-5,14H2,1-3H3,(H,23,27). The van der Waals surface area contributed by atoms with E-state index in [4.69, 9.17) is 4.74 Å². The summed E-state index contributed by atoms with van der Waals surface area (Å²) in [6, 6.07) is 15.1. The van der Waals surface area contributed by atoms with Crippen molar-refractivity contribution in [1.29, 1.82) is 0 Å². The van der Waals surface area contributed by atoms with Crippen LogP contribution >= 0.6 is 0 Å². The van der Waals surface area contributed by atoms with Crippen molar-refractivity contribution in [2.75, 3.05) is 11.4 Å². The Hall–Kier alpha value is -3.35. The molecule has 1 atom stereocenters. The first-order valence-corrected chi connectivity index (χ1v) is 9.82. The van der Waals surface area contributed by atoms with E-state index in [9.17, 15) is 9.59 Å². The van der Waals surface area contributed by atoms with Gasteiger partial charge in [0.05, 0.1) is 23.3 Å². The van der Waals surface area contributed by atoms with Crippen molar-refractivity contribution >= 4 is 28.5 Å². The minimum atomic E-state index is -1.63. The minimum Gasteiger partial charge on any atom is -0.466 e. The quantitative estimate of drug-likeness (QED) is 0.678. The smallest absolute Gasteiger partial charge is 0.280 e. The highest BCUT2D eigenvalue weighted by molar-refractivity contribution is 6.16. The van der Waals surface area contributed by atoms with Crippen LogP contribution in [-0.2, 0) is 22.7 Å². The molecule has 3 aromatic rings. The van der Waals surface area contributed by atoms with Gasteiger partial charge in [0.25, 0.3) is 17.4 Å². The number of hydrogen-bond acceptors (Lipinski definition) is 4. The first-order valence-electron chi connectivity index (χ1n) is 9.82. The lowest BCUT2D eigenvalue weighted by atomic mass is 10.00. The summed E-state index contributed by atoms with van der Waals surface area (Å²) in [5, 5.41) is 2.86. The molecular formula is C22H24N4O3. The van der Waals surface area contributed by atoms with E-state index < -0.39 is 11.5 Å². The second-order valence-corrected chi connectivity index (χ2v) is 7.10. The molecule has 4 rings (SSSR count). The van der Waals surface area contributed by atoms with Gasteiger partial charge in [-0.05, 0) is 45.0 Å². The van der Waals surface area contributed by atoms with Crippen LogP contribution in [0.2, 0.25) is 0 Å². The average molecular weight is 392 g/mol. The first kappa shape index (κ1) is 19.0. The Kier molecular flexibility index (Phi) is 4.74. The van der Waals surface area contributed by atoms with Crippen LogP contribution in [0.5, 0.6) is 5.75 Å². The fourth-order valence-electron chi connectivity index (χ4n) is 3.80. The van der Waals surface area contributed by atoms with Crippen LogP contribution in [-0.4, -0.2) is 33.5 Å². The summed E-state index contributed by atoms with van der Waals surface area (Å²) < 4.78 is 7.95. The summed E-state index contributed by atoms with van der Waals surface area (Å²) in [5.41, 5.74) is 0.938. The maximum Gasteiger partial charge on any atom is 0.280 e. The fraction of sp³-hybridized carbons (Fsp3) is 0.318. The molecule has 2 amide bonds. The van der Waals surface area contributed by atoms with Crippen molar-refractivity contribution in [1.82, 2.24) is 14.9 Å². The monoisotopic (exact) mass is 392 g/mol. The van der Waals surface area contributed by atoms with E-state index >= 15 is 0 Å². The molecular weight excluding hydrogens is 368 g/mol. The van der Waals surface area contributed by atoms with Crippen LogP contribution < -0.4 is 15.0 Å². The molecule has 7 heteroatoms. The molecule has 1 unspecified atom stereocenters. The zero-order chi connectivity index (χ0) is 20.6. The number of hydrogen-bond donors (Lipinski definition) is 1. The maximum atomic E-state index is 13.1. The zero-order valence-corrected chi connectivity index (χ0v) is 16.8. The number of carbonyl (C=O) groups excluding carboxylic acids is 2. The Balaban J connectivity index is 1.59. The summed E-state index contributed by atoms with van der Waals surface area (Å²) in [5.74, 6) is 0.402. The third-order valence-electron chi connectivity index (χ3n) is 5.33. The lowest BCUT2D eigenvalue weighted by Crippen LogP contribution is -2.62. The van der Waals surface area contributed by atoms with E-state index in [2.05, 4.69) is 14.9 Å². The van der Waals surface area contributed by atoms with Gasteiger partial charge in [-0.1, -0.05) is 24.3 Å². The van der Waals surface area contributed by atoms with Gasteiger partial charge < -0.3 is 19.5 Å². The Morgan fingerprint density at radius 3 is 2.59 bits per heavy atom. The molecule has 2 heterocycles. The lowest BCUT2D eigenvalue weighted by molar-refractivity contribution is -0.148. The van der Waals surface area contributed by atoms with Gasteiger partial charge in [-0.25, -0.2) is 4.98 Å². The molecule has 0 fully saturated rings. The normalized spacial score (nSPS) is 18.4. The molecule has 0 aliphatic carbocycles. The van der Waals surface area contributed by atoms with Crippen LogP contribution in [0.4, 0.5) is 5.69 Å². The number of aryl methyl sites for hydroxylation is 1. The number of carbonyl (C=O) groups is 2. The molecule has 7 nitrogen and oxygen atoms in total. The van der Waals surface area contributed by atoms with Crippen LogP contribution in [0.25, 0.3) is 11.0 Å². The van der Waals surface area contributed by atoms with Crippen molar-refractivity contribution in [3.8, 4) is 5.75 Å². The number of amides is 2. The highest BCUT2D eigenvalue weighted by Gasteiger charge is 2.50. The van der Waals surface area contributed by atoms with E-state index in [1.165, 1.54) is 6.92 Å². The largest absolute Gasteiger partial charge is 0.466 e. The number of nitrogens with one attached hydrogen (secondary N) is 1. The predicted octanol–water partition coefficient (Wildman–Crippen LogP) is 2.88. The number of benzene rings is 2. The average Bonchev–Trinajstić information content (AvgIpc) is 3.10. The SMILES string of the molecule is CCN1C(=O)C(C)(C(=O)NCc2nc3ccccc3n2CC)Oc2ccccc21. The molecule has 0 spiro atoms. The number of imidazole rings is 1. The van der Waals surface area contributed by atoms with Crippen molar-refractivity contribution in [3.05, 3.63) is 54.4 Å². The third kappa shape index (κ3) is 3.03. The van der Waals surface area contributed by atoms with Crippen LogP contribution in [0.3, 0.4) is 0 Å². The number of para-hydroxylation sites is 4. The van der Waals surface area contributed by atoms with Crippen molar-refractivity contribution in [2.45, 2.75) is 39.5 Å². The third-order valence-corrected chi connectivity index (χ3v) is 5.33. The van der Waals surface area contributed by atoms with Crippen molar-refractivity contribution in [2.24, 2.45) is 0 Å². The number of rotatable bonds is 5. The Bertz CT molecular complexity index is 1090. The van der Waals surface area contributed by atoms with E-state index in [-0.39, 0.29) is 12.5 Å². The second kappa shape index (κ2) is 7.24. The van der Waals surface area contributed by atoms with Gasteiger partial charge in [0.15, 0.2) is 0 Å². The molecule has 2 aromatic carbocycles. The van der Waals surface area contributed by atoms with E-state index in [1.54, 1.807) is 11.0 Å². The highest BCUT2D eigenvalue weighted by atomic mass is 16.5. The molecule has 0 saturated carbocycles. The van der Waals surface area contributed by atoms with Gasteiger partial charge >= 0.3 is 0 Å². The van der Waals surface area contributed by atoms with E-state index in [0.29, 0.717) is 18.0 Å². The van der Waals surface area contributed by atoms with Gasteiger partial charge in [0.2, 0.25) is 0 Å². The summed E-state index contributed by atoms with van der Waals surface area (Å²) in [6.45, 7) is 6.82. The topological polar surface area (TPSA) is 76.5 Å². The number of anilines is 1. The van der Waals surface area contributed by atoms with E-state index in [1.807, 2.05) is 56.3 Å². The van der Waals surface area contributed by atoms with Crippen molar-refractivity contribution in [3.63, 3.8) is 0 Å².